The summed E-state index contributed by atoms with van der Waals surface area (Å²) in [7, 11) is 0. The Morgan fingerprint density at radius 2 is 2.14 bits per heavy atom. The first-order valence-electron chi connectivity index (χ1n) is 7.61. The fourth-order valence-electron chi connectivity index (χ4n) is 3.38. The number of nitrogens with two attached hydrogens (primary N) is 1. The number of benzene rings is 1. The van der Waals surface area contributed by atoms with Crippen LogP contribution >= 0.6 is 0 Å². The molecule has 1 saturated carbocycles. The largest absolute Gasteiger partial charge is 0.398 e. The summed E-state index contributed by atoms with van der Waals surface area (Å²) in [5.41, 5.74) is 9.24. The van der Waals surface area contributed by atoms with Crippen LogP contribution in [0.3, 0.4) is 0 Å². The normalized spacial score (nSPS) is 21.4. The summed E-state index contributed by atoms with van der Waals surface area (Å²) >= 11 is 0. The van der Waals surface area contributed by atoms with Crippen LogP contribution in [0.2, 0.25) is 0 Å². The molecule has 0 aliphatic heterocycles. The highest BCUT2D eigenvalue weighted by Crippen LogP contribution is 2.41. The van der Waals surface area contributed by atoms with Crippen LogP contribution in [0.4, 0.5) is 5.69 Å². The Balaban J connectivity index is 2.00. The first kappa shape index (κ1) is 14.0. The molecule has 1 atom stereocenters. The minimum absolute atomic E-state index is 0.358. The third kappa shape index (κ3) is 2.64. The van der Waals surface area contributed by atoms with E-state index >= 15 is 0 Å². The fourth-order valence-corrected chi connectivity index (χ4v) is 3.38. The minimum atomic E-state index is 0.358. The van der Waals surface area contributed by atoms with Gasteiger partial charge in [-0.2, -0.15) is 0 Å². The van der Waals surface area contributed by atoms with Gasteiger partial charge < -0.3 is 5.73 Å². The molecular formula is C16H23N5. The molecule has 1 aromatic heterocycles. The van der Waals surface area contributed by atoms with Gasteiger partial charge >= 0.3 is 0 Å². The first-order valence-corrected chi connectivity index (χ1v) is 7.61. The molecule has 3 rings (SSSR count). The SMILES string of the molecule is Cc1c(N)cccc1-c1nnnn1C1CCCC(C)(C)C1. The number of aromatic nitrogens is 4. The summed E-state index contributed by atoms with van der Waals surface area (Å²) in [4.78, 5) is 0. The molecule has 1 aliphatic carbocycles. The van der Waals surface area contributed by atoms with Crippen molar-refractivity contribution in [1.82, 2.24) is 20.2 Å². The third-order valence-corrected chi connectivity index (χ3v) is 4.63. The van der Waals surface area contributed by atoms with Crippen molar-refractivity contribution in [3.63, 3.8) is 0 Å². The molecule has 112 valence electrons. The smallest absolute Gasteiger partial charge is 0.182 e. The number of tetrazole rings is 1. The predicted molar refractivity (Wildman–Crippen MR) is 83.7 cm³/mol. The van der Waals surface area contributed by atoms with E-state index in [4.69, 9.17) is 5.73 Å². The Labute approximate surface area is 125 Å². The highest BCUT2D eigenvalue weighted by atomic mass is 15.5. The Kier molecular flexibility index (Phi) is 3.43. The van der Waals surface area contributed by atoms with Gasteiger partial charge in [-0.3, -0.25) is 0 Å². The number of nitrogen functional groups attached to an aromatic ring is 1. The number of hydrogen-bond acceptors (Lipinski definition) is 4. The van der Waals surface area contributed by atoms with E-state index in [1.165, 1.54) is 12.8 Å². The predicted octanol–water partition coefficient (Wildman–Crippen LogP) is 3.37. The van der Waals surface area contributed by atoms with Crippen LogP contribution in [0.25, 0.3) is 11.4 Å². The van der Waals surface area contributed by atoms with Crippen molar-refractivity contribution in [2.75, 3.05) is 5.73 Å². The Morgan fingerprint density at radius 3 is 2.90 bits per heavy atom. The highest BCUT2D eigenvalue weighted by Gasteiger charge is 2.31. The van der Waals surface area contributed by atoms with Gasteiger partial charge in [-0.05, 0) is 53.7 Å². The standard InChI is InChI=1S/C16H23N5/c1-11-13(7-4-8-14(11)17)15-18-19-20-21(15)12-6-5-9-16(2,3)10-12/h4,7-8,12H,5-6,9-10,17H2,1-3H3. The van der Waals surface area contributed by atoms with E-state index < -0.39 is 0 Å². The Bertz CT molecular complexity index is 644. The molecule has 0 radical (unpaired) electrons. The van der Waals surface area contributed by atoms with E-state index in [1.807, 2.05) is 29.8 Å². The van der Waals surface area contributed by atoms with Crippen LogP contribution in [0, 0.1) is 12.3 Å². The molecule has 2 aromatic rings. The number of anilines is 1. The fraction of sp³-hybridized carbons (Fsp3) is 0.562. The monoisotopic (exact) mass is 285 g/mol. The zero-order valence-corrected chi connectivity index (χ0v) is 13.0. The Morgan fingerprint density at radius 1 is 1.33 bits per heavy atom. The highest BCUT2D eigenvalue weighted by molar-refractivity contribution is 5.67. The molecule has 1 heterocycles. The van der Waals surface area contributed by atoms with E-state index in [0.29, 0.717) is 11.5 Å². The molecule has 1 aliphatic rings. The molecule has 5 heteroatoms. The first-order chi connectivity index (χ1) is 9.98. The average Bonchev–Trinajstić information content (AvgIpc) is 2.90. The second kappa shape index (κ2) is 5.13. The maximum absolute atomic E-state index is 6.02. The second-order valence-electron chi connectivity index (χ2n) is 6.88. The summed E-state index contributed by atoms with van der Waals surface area (Å²) < 4.78 is 2.00. The van der Waals surface area contributed by atoms with Crippen LogP contribution in [-0.4, -0.2) is 20.2 Å². The van der Waals surface area contributed by atoms with Crippen molar-refractivity contribution in [2.24, 2.45) is 5.41 Å². The average molecular weight is 285 g/mol. The lowest BCUT2D eigenvalue weighted by Gasteiger charge is -2.35. The van der Waals surface area contributed by atoms with Gasteiger partial charge in [0, 0.05) is 11.3 Å². The van der Waals surface area contributed by atoms with Crippen LogP contribution in [-0.2, 0) is 0 Å². The van der Waals surface area contributed by atoms with E-state index in [1.54, 1.807) is 0 Å². The molecule has 0 bridgehead atoms. The van der Waals surface area contributed by atoms with Crippen molar-refractivity contribution in [3.05, 3.63) is 23.8 Å². The lowest BCUT2D eigenvalue weighted by molar-refractivity contribution is 0.174. The topological polar surface area (TPSA) is 69.6 Å². The molecule has 5 nitrogen and oxygen atoms in total. The van der Waals surface area contributed by atoms with Gasteiger partial charge in [-0.15, -0.1) is 5.10 Å². The van der Waals surface area contributed by atoms with Crippen LogP contribution < -0.4 is 5.73 Å². The molecule has 0 spiro atoms. The van der Waals surface area contributed by atoms with Gasteiger partial charge in [-0.25, -0.2) is 4.68 Å². The van der Waals surface area contributed by atoms with Gasteiger partial charge in [0.1, 0.15) is 0 Å². The van der Waals surface area contributed by atoms with Gasteiger partial charge in [0.25, 0.3) is 0 Å². The lowest BCUT2D eigenvalue weighted by atomic mass is 9.75. The van der Waals surface area contributed by atoms with Crippen molar-refractivity contribution in [3.8, 4) is 11.4 Å². The van der Waals surface area contributed by atoms with E-state index in [0.717, 1.165) is 35.5 Å². The van der Waals surface area contributed by atoms with E-state index in [9.17, 15) is 0 Å². The second-order valence-corrected chi connectivity index (χ2v) is 6.88. The van der Waals surface area contributed by atoms with Crippen molar-refractivity contribution < 1.29 is 0 Å². The summed E-state index contributed by atoms with van der Waals surface area (Å²) in [6.45, 7) is 6.68. The van der Waals surface area contributed by atoms with Crippen LogP contribution in [0.15, 0.2) is 18.2 Å². The zero-order chi connectivity index (χ0) is 15.0. The molecule has 1 fully saturated rings. The van der Waals surface area contributed by atoms with Gasteiger partial charge in [0.05, 0.1) is 6.04 Å². The number of hydrogen-bond donors (Lipinski definition) is 1. The third-order valence-electron chi connectivity index (χ3n) is 4.63. The molecule has 0 amide bonds. The molecular weight excluding hydrogens is 262 g/mol. The molecule has 1 unspecified atom stereocenters. The summed E-state index contributed by atoms with van der Waals surface area (Å²) in [5, 5.41) is 12.4. The number of nitrogens with zero attached hydrogens (tertiary/aromatic N) is 4. The quantitative estimate of drug-likeness (QED) is 0.859. The van der Waals surface area contributed by atoms with Gasteiger partial charge in [-0.1, -0.05) is 32.4 Å². The van der Waals surface area contributed by atoms with Crippen LogP contribution in [0.5, 0.6) is 0 Å². The Hall–Kier alpha value is -1.91. The lowest BCUT2D eigenvalue weighted by Crippen LogP contribution is -2.26. The van der Waals surface area contributed by atoms with E-state index in [-0.39, 0.29) is 0 Å². The number of rotatable bonds is 2. The minimum Gasteiger partial charge on any atom is -0.398 e. The van der Waals surface area contributed by atoms with Gasteiger partial charge in [0.2, 0.25) is 0 Å². The molecule has 21 heavy (non-hydrogen) atoms. The van der Waals surface area contributed by atoms with Crippen LogP contribution in [0.1, 0.15) is 51.1 Å². The summed E-state index contributed by atoms with van der Waals surface area (Å²) in [6, 6.07) is 6.29. The maximum atomic E-state index is 6.02. The van der Waals surface area contributed by atoms with Crippen molar-refractivity contribution in [1.29, 1.82) is 0 Å². The van der Waals surface area contributed by atoms with E-state index in [2.05, 4.69) is 29.4 Å². The molecule has 0 saturated heterocycles. The van der Waals surface area contributed by atoms with Crippen molar-refractivity contribution in [2.45, 2.75) is 52.5 Å². The zero-order valence-electron chi connectivity index (χ0n) is 13.0. The van der Waals surface area contributed by atoms with Crippen molar-refractivity contribution >= 4 is 5.69 Å². The summed E-state index contributed by atoms with van der Waals surface area (Å²) in [5.74, 6) is 0.836. The maximum Gasteiger partial charge on any atom is 0.182 e. The summed E-state index contributed by atoms with van der Waals surface area (Å²) in [6.07, 6.45) is 4.76. The van der Waals surface area contributed by atoms with Gasteiger partial charge in [0.15, 0.2) is 5.82 Å². The molecule has 2 N–H and O–H groups in total. The molecule has 1 aromatic carbocycles.